The van der Waals surface area contributed by atoms with Gasteiger partial charge in [0.05, 0.1) is 0 Å². The van der Waals surface area contributed by atoms with Crippen LogP contribution in [0.5, 0.6) is 0 Å². The minimum atomic E-state index is 0.816. The summed E-state index contributed by atoms with van der Waals surface area (Å²) in [6, 6.07) is 0.816. The Morgan fingerprint density at radius 2 is 1.74 bits per heavy atom. The standard InChI is InChI=1S/C17H36N2/c1-3-5-6-7-8-10-14-19-15-11-9-12-17(19)16-18-13-4-2/h17-18H,3-16H2,1-2H3. The van der Waals surface area contributed by atoms with E-state index >= 15 is 0 Å². The van der Waals surface area contributed by atoms with Crippen LogP contribution in [0.25, 0.3) is 0 Å². The van der Waals surface area contributed by atoms with Gasteiger partial charge < -0.3 is 5.32 Å². The van der Waals surface area contributed by atoms with Crippen molar-refractivity contribution in [2.24, 2.45) is 0 Å². The number of rotatable bonds is 11. The zero-order chi connectivity index (χ0) is 13.8. The number of hydrogen-bond donors (Lipinski definition) is 1. The molecule has 2 heteroatoms. The van der Waals surface area contributed by atoms with E-state index in [1.807, 2.05) is 0 Å². The van der Waals surface area contributed by atoms with Crippen molar-refractivity contribution < 1.29 is 0 Å². The second kappa shape index (κ2) is 11.7. The molecule has 0 amide bonds. The molecule has 1 fully saturated rings. The van der Waals surface area contributed by atoms with E-state index < -0.39 is 0 Å². The molecule has 0 bridgehead atoms. The van der Waals surface area contributed by atoms with Crippen LogP contribution in [-0.4, -0.2) is 37.1 Å². The predicted octanol–water partition coefficient (Wildman–Crippen LogP) is 4.20. The SMILES string of the molecule is CCCCCCCCN1CCCCC1CNCCC. The van der Waals surface area contributed by atoms with Gasteiger partial charge in [0.2, 0.25) is 0 Å². The molecule has 1 atom stereocenters. The fraction of sp³-hybridized carbons (Fsp3) is 1.00. The Morgan fingerprint density at radius 3 is 2.53 bits per heavy atom. The third-order valence-electron chi connectivity index (χ3n) is 4.35. The Kier molecular flexibility index (Phi) is 10.5. The molecule has 1 N–H and O–H groups in total. The quantitative estimate of drug-likeness (QED) is 0.565. The maximum Gasteiger partial charge on any atom is 0.0220 e. The van der Waals surface area contributed by atoms with Crippen molar-refractivity contribution in [1.29, 1.82) is 0 Å². The third kappa shape index (κ3) is 7.94. The number of nitrogens with zero attached hydrogens (tertiary/aromatic N) is 1. The molecule has 114 valence electrons. The van der Waals surface area contributed by atoms with Crippen molar-refractivity contribution in [3.05, 3.63) is 0 Å². The van der Waals surface area contributed by atoms with Gasteiger partial charge in [-0.3, -0.25) is 4.90 Å². The Hall–Kier alpha value is -0.0800. The number of hydrogen-bond acceptors (Lipinski definition) is 2. The molecular weight excluding hydrogens is 232 g/mol. The molecule has 1 saturated heterocycles. The summed E-state index contributed by atoms with van der Waals surface area (Å²) >= 11 is 0. The van der Waals surface area contributed by atoms with Gasteiger partial charge in [-0.2, -0.15) is 0 Å². The highest BCUT2D eigenvalue weighted by molar-refractivity contribution is 4.78. The van der Waals surface area contributed by atoms with Gasteiger partial charge in [-0.15, -0.1) is 0 Å². The van der Waals surface area contributed by atoms with E-state index in [4.69, 9.17) is 0 Å². The minimum Gasteiger partial charge on any atom is -0.315 e. The Morgan fingerprint density at radius 1 is 0.947 bits per heavy atom. The van der Waals surface area contributed by atoms with Gasteiger partial charge in [0.15, 0.2) is 0 Å². The van der Waals surface area contributed by atoms with Crippen molar-refractivity contribution >= 4 is 0 Å². The van der Waals surface area contributed by atoms with Gasteiger partial charge in [-0.1, -0.05) is 52.4 Å². The highest BCUT2D eigenvalue weighted by Crippen LogP contribution is 2.17. The average molecular weight is 268 g/mol. The molecule has 1 unspecified atom stereocenters. The maximum absolute atomic E-state index is 3.61. The van der Waals surface area contributed by atoms with Crippen LogP contribution in [0.4, 0.5) is 0 Å². The molecule has 19 heavy (non-hydrogen) atoms. The molecule has 1 aliphatic heterocycles. The topological polar surface area (TPSA) is 15.3 Å². The summed E-state index contributed by atoms with van der Waals surface area (Å²) in [4.78, 5) is 2.76. The minimum absolute atomic E-state index is 0.816. The smallest absolute Gasteiger partial charge is 0.0220 e. The van der Waals surface area contributed by atoms with Crippen molar-refractivity contribution in [3.63, 3.8) is 0 Å². The zero-order valence-electron chi connectivity index (χ0n) is 13.4. The molecule has 0 radical (unpaired) electrons. The van der Waals surface area contributed by atoms with Gasteiger partial charge >= 0.3 is 0 Å². The lowest BCUT2D eigenvalue weighted by Gasteiger charge is -2.36. The first-order valence-electron chi connectivity index (χ1n) is 8.83. The van der Waals surface area contributed by atoms with Gasteiger partial charge in [-0.25, -0.2) is 0 Å². The average Bonchev–Trinajstić information content (AvgIpc) is 2.44. The molecule has 0 aromatic rings. The number of nitrogens with one attached hydrogen (secondary N) is 1. The fourth-order valence-corrected chi connectivity index (χ4v) is 3.13. The summed E-state index contributed by atoms with van der Waals surface area (Å²) < 4.78 is 0. The summed E-state index contributed by atoms with van der Waals surface area (Å²) in [5.41, 5.74) is 0. The normalized spacial score (nSPS) is 20.8. The van der Waals surface area contributed by atoms with Gasteiger partial charge in [0.25, 0.3) is 0 Å². The predicted molar refractivity (Wildman–Crippen MR) is 85.7 cm³/mol. The van der Waals surface area contributed by atoms with Crippen LogP contribution in [0, 0.1) is 0 Å². The van der Waals surface area contributed by atoms with Crippen molar-refractivity contribution in [2.45, 2.75) is 84.1 Å². The highest BCUT2D eigenvalue weighted by Gasteiger charge is 2.20. The van der Waals surface area contributed by atoms with Crippen molar-refractivity contribution in [3.8, 4) is 0 Å². The zero-order valence-corrected chi connectivity index (χ0v) is 13.4. The molecule has 0 aromatic carbocycles. The van der Waals surface area contributed by atoms with E-state index in [1.165, 1.54) is 90.4 Å². The lowest BCUT2D eigenvalue weighted by atomic mass is 10.0. The second-order valence-electron chi connectivity index (χ2n) is 6.16. The van der Waals surface area contributed by atoms with E-state index in [1.54, 1.807) is 0 Å². The molecule has 0 spiro atoms. The van der Waals surface area contributed by atoms with Gasteiger partial charge in [0.1, 0.15) is 0 Å². The van der Waals surface area contributed by atoms with Crippen LogP contribution in [0.1, 0.15) is 78.1 Å². The summed E-state index contributed by atoms with van der Waals surface area (Å²) in [6.07, 6.45) is 14.0. The van der Waals surface area contributed by atoms with E-state index in [2.05, 4.69) is 24.1 Å². The van der Waals surface area contributed by atoms with Crippen LogP contribution in [-0.2, 0) is 0 Å². The first kappa shape index (κ1) is 17.0. The Bertz CT molecular complexity index is 194. The molecular formula is C17H36N2. The summed E-state index contributed by atoms with van der Waals surface area (Å²) in [6.45, 7) is 9.62. The Labute approximate surface area is 121 Å². The van der Waals surface area contributed by atoms with Crippen molar-refractivity contribution in [1.82, 2.24) is 10.2 Å². The number of likely N-dealkylation sites (tertiary alicyclic amines) is 1. The maximum atomic E-state index is 3.61. The van der Waals surface area contributed by atoms with Gasteiger partial charge in [0, 0.05) is 12.6 Å². The molecule has 1 heterocycles. The monoisotopic (exact) mass is 268 g/mol. The van der Waals surface area contributed by atoms with E-state index in [9.17, 15) is 0 Å². The van der Waals surface area contributed by atoms with Crippen LogP contribution in [0.2, 0.25) is 0 Å². The van der Waals surface area contributed by atoms with E-state index in [-0.39, 0.29) is 0 Å². The number of unbranched alkanes of at least 4 members (excludes halogenated alkanes) is 5. The largest absolute Gasteiger partial charge is 0.315 e. The van der Waals surface area contributed by atoms with Gasteiger partial charge in [-0.05, 0) is 45.3 Å². The first-order chi connectivity index (χ1) is 9.38. The van der Waals surface area contributed by atoms with E-state index in [0.29, 0.717) is 0 Å². The summed E-state index contributed by atoms with van der Waals surface area (Å²) in [7, 11) is 0. The Balaban J connectivity index is 2.09. The summed E-state index contributed by atoms with van der Waals surface area (Å²) in [5, 5.41) is 3.61. The summed E-state index contributed by atoms with van der Waals surface area (Å²) in [5.74, 6) is 0. The van der Waals surface area contributed by atoms with Crippen LogP contribution < -0.4 is 5.32 Å². The lowest BCUT2D eigenvalue weighted by Crippen LogP contribution is -2.45. The lowest BCUT2D eigenvalue weighted by molar-refractivity contribution is 0.142. The first-order valence-corrected chi connectivity index (χ1v) is 8.83. The molecule has 1 aliphatic rings. The highest BCUT2D eigenvalue weighted by atomic mass is 15.2. The van der Waals surface area contributed by atoms with Crippen LogP contribution in [0.3, 0.4) is 0 Å². The number of piperidine rings is 1. The third-order valence-corrected chi connectivity index (χ3v) is 4.35. The van der Waals surface area contributed by atoms with Crippen LogP contribution in [0.15, 0.2) is 0 Å². The van der Waals surface area contributed by atoms with E-state index in [0.717, 1.165) is 6.04 Å². The molecule has 0 aliphatic carbocycles. The van der Waals surface area contributed by atoms with Crippen LogP contribution >= 0.6 is 0 Å². The molecule has 1 rings (SSSR count). The molecule has 0 aromatic heterocycles. The molecule has 0 saturated carbocycles. The molecule has 2 nitrogen and oxygen atoms in total. The van der Waals surface area contributed by atoms with Crippen molar-refractivity contribution in [2.75, 3.05) is 26.2 Å². The second-order valence-corrected chi connectivity index (χ2v) is 6.16. The fourth-order valence-electron chi connectivity index (χ4n) is 3.13.